The smallest absolute Gasteiger partial charge is 0.0541 e. The molecule has 9 aromatic carbocycles. The first-order chi connectivity index (χ1) is 27.8. The van der Waals surface area contributed by atoms with Crippen LogP contribution in [-0.2, 0) is 0 Å². The number of hydrogen-bond donors (Lipinski definition) is 0. The predicted molar refractivity (Wildman–Crippen MR) is 237 cm³/mol. The van der Waals surface area contributed by atoms with Gasteiger partial charge in [0.1, 0.15) is 0 Å². The fraction of sp³-hybridized carbons (Fsp3) is 0. The first kappa shape index (κ1) is 32.0. The van der Waals surface area contributed by atoms with Crippen LogP contribution in [0.3, 0.4) is 0 Å². The van der Waals surface area contributed by atoms with E-state index in [1.807, 2.05) is 0 Å². The van der Waals surface area contributed by atoms with Gasteiger partial charge in [-0.25, -0.2) is 0 Å². The van der Waals surface area contributed by atoms with E-state index in [9.17, 15) is 0 Å². The molecule has 2 nitrogen and oxygen atoms in total. The zero-order chi connectivity index (χ0) is 37.0. The van der Waals surface area contributed by atoms with Crippen molar-refractivity contribution in [2.45, 2.75) is 0 Å². The van der Waals surface area contributed by atoms with Crippen molar-refractivity contribution < 1.29 is 0 Å². The fourth-order valence-electron chi connectivity index (χ4n) is 8.96. The molecule has 0 fully saturated rings. The van der Waals surface area contributed by atoms with E-state index in [4.69, 9.17) is 0 Å². The van der Waals surface area contributed by atoms with Gasteiger partial charge < -0.3 is 9.13 Å². The van der Waals surface area contributed by atoms with Gasteiger partial charge in [0, 0.05) is 32.7 Å². The van der Waals surface area contributed by atoms with Crippen LogP contribution in [0, 0.1) is 0 Å². The van der Waals surface area contributed by atoms with Crippen LogP contribution in [0.4, 0.5) is 0 Å². The van der Waals surface area contributed by atoms with E-state index < -0.39 is 0 Å². The molecule has 0 N–H and O–H groups in total. The second-order valence-corrected chi connectivity index (χ2v) is 14.4. The zero-order valence-electron chi connectivity index (χ0n) is 30.7. The third-order valence-electron chi connectivity index (χ3n) is 11.4. The molecule has 0 aliphatic heterocycles. The highest BCUT2D eigenvalue weighted by molar-refractivity contribution is 6.11. The summed E-state index contributed by atoms with van der Waals surface area (Å²) in [7, 11) is 0. The minimum absolute atomic E-state index is 1.16. The Morgan fingerprint density at radius 2 is 0.607 bits per heavy atom. The van der Waals surface area contributed by atoms with Gasteiger partial charge >= 0.3 is 0 Å². The average molecular weight is 713 g/mol. The summed E-state index contributed by atoms with van der Waals surface area (Å²) in [5, 5.41) is 5.03. The summed E-state index contributed by atoms with van der Waals surface area (Å²) in [6.45, 7) is 0. The minimum atomic E-state index is 1.16. The molecule has 0 radical (unpaired) electrons. The maximum atomic E-state index is 2.44. The van der Waals surface area contributed by atoms with E-state index in [-0.39, 0.29) is 0 Å². The summed E-state index contributed by atoms with van der Waals surface area (Å²) in [4.78, 5) is 0. The van der Waals surface area contributed by atoms with Crippen molar-refractivity contribution in [3.05, 3.63) is 218 Å². The Balaban J connectivity index is 1.16. The SMILES string of the molecule is c1ccc(-c2cccc(-c3ccccc3-n3c4ccccc4c4ccccc43)c2-c2cccc(-c3ccccc3-n3c4ccccc4c4ccccc43)c2)cc1. The molecule has 0 amide bonds. The Bertz CT molecular complexity index is 3150. The Kier molecular flexibility index (Phi) is 7.53. The molecule has 11 rings (SSSR count). The topological polar surface area (TPSA) is 9.86 Å². The maximum absolute atomic E-state index is 2.44. The molecule has 0 saturated carbocycles. The van der Waals surface area contributed by atoms with Gasteiger partial charge in [-0.3, -0.25) is 0 Å². The molecule has 0 atom stereocenters. The van der Waals surface area contributed by atoms with Crippen LogP contribution in [0.1, 0.15) is 0 Å². The molecular formula is C54H36N2. The molecule has 0 aliphatic carbocycles. The molecule has 56 heavy (non-hydrogen) atoms. The molecule has 2 heterocycles. The first-order valence-electron chi connectivity index (χ1n) is 19.3. The lowest BCUT2D eigenvalue weighted by molar-refractivity contribution is 1.18. The largest absolute Gasteiger partial charge is 0.309 e. The molecule has 0 spiro atoms. The molecule has 0 saturated heterocycles. The monoisotopic (exact) mass is 712 g/mol. The normalized spacial score (nSPS) is 11.6. The molecule has 0 bridgehead atoms. The van der Waals surface area contributed by atoms with E-state index >= 15 is 0 Å². The van der Waals surface area contributed by atoms with Crippen molar-refractivity contribution in [2.24, 2.45) is 0 Å². The van der Waals surface area contributed by atoms with Crippen LogP contribution in [0.5, 0.6) is 0 Å². The maximum Gasteiger partial charge on any atom is 0.0541 e. The third-order valence-corrected chi connectivity index (χ3v) is 11.4. The number of para-hydroxylation sites is 6. The summed E-state index contributed by atoms with van der Waals surface area (Å²) >= 11 is 0. The Morgan fingerprint density at radius 1 is 0.232 bits per heavy atom. The van der Waals surface area contributed by atoms with Crippen molar-refractivity contribution in [1.29, 1.82) is 0 Å². The summed E-state index contributed by atoms with van der Waals surface area (Å²) in [6, 6.07) is 79.5. The van der Waals surface area contributed by atoms with Gasteiger partial charge in [-0.1, -0.05) is 176 Å². The zero-order valence-corrected chi connectivity index (χ0v) is 30.7. The lowest BCUT2D eigenvalue weighted by Gasteiger charge is -2.20. The van der Waals surface area contributed by atoms with Crippen LogP contribution in [0.2, 0.25) is 0 Å². The van der Waals surface area contributed by atoms with Gasteiger partial charge in [-0.15, -0.1) is 0 Å². The highest BCUT2D eigenvalue weighted by atomic mass is 15.0. The number of fused-ring (bicyclic) bond motifs is 6. The molecule has 2 aromatic heterocycles. The van der Waals surface area contributed by atoms with Crippen LogP contribution < -0.4 is 0 Å². The molecule has 11 aromatic rings. The average Bonchev–Trinajstić information content (AvgIpc) is 3.79. The van der Waals surface area contributed by atoms with Crippen LogP contribution in [0.25, 0.3) is 99.5 Å². The standard InChI is InChI=1S/C54H36N2/c1-2-18-37(19-3-1)41-28-17-29-47(46-27-9-15-35-53(46)56-51-33-13-7-25-44(51)45-26-8-14-34-52(45)56)54(41)39-21-16-20-38(36-39)40-22-4-10-30-48(40)55-49-31-11-5-23-42(49)43-24-6-12-32-50(43)55/h1-36H. The van der Waals surface area contributed by atoms with Crippen molar-refractivity contribution in [1.82, 2.24) is 9.13 Å². The minimum Gasteiger partial charge on any atom is -0.309 e. The quantitative estimate of drug-likeness (QED) is 0.162. The molecule has 0 unspecified atom stereocenters. The Morgan fingerprint density at radius 3 is 1.18 bits per heavy atom. The van der Waals surface area contributed by atoms with Crippen molar-refractivity contribution >= 4 is 43.6 Å². The number of benzene rings is 9. The number of hydrogen-bond acceptors (Lipinski definition) is 0. The first-order valence-corrected chi connectivity index (χ1v) is 19.3. The second kappa shape index (κ2) is 13.2. The molecule has 0 aliphatic rings. The fourth-order valence-corrected chi connectivity index (χ4v) is 8.96. The summed E-state index contributed by atoms with van der Waals surface area (Å²) in [5.74, 6) is 0. The van der Waals surface area contributed by atoms with Gasteiger partial charge in [0.25, 0.3) is 0 Å². The van der Waals surface area contributed by atoms with Gasteiger partial charge in [0.15, 0.2) is 0 Å². The highest BCUT2D eigenvalue weighted by Crippen LogP contribution is 2.45. The number of rotatable bonds is 6. The van der Waals surface area contributed by atoms with E-state index in [1.54, 1.807) is 0 Å². The van der Waals surface area contributed by atoms with Crippen LogP contribution >= 0.6 is 0 Å². The van der Waals surface area contributed by atoms with E-state index in [0.717, 1.165) is 11.4 Å². The number of nitrogens with zero attached hydrogens (tertiary/aromatic N) is 2. The number of aromatic nitrogens is 2. The van der Waals surface area contributed by atoms with Gasteiger partial charge in [0.2, 0.25) is 0 Å². The predicted octanol–water partition coefficient (Wildman–Crippen LogP) is 14.5. The van der Waals surface area contributed by atoms with Gasteiger partial charge in [0.05, 0.1) is 33.4 Å². The lowest BCUT2D eigenvalue weighted by Crippen LogP contribution is -1.99. The summed E-state index contributed by atoms with van der Waals surface area (Å²) in [6.07, 6.45) is 0. The van der Waals surface area contributed by atoms with Crippen molar-refractivity contribution in [2.75, 3.05) is 0 Å². The second-order valence-electron chi connectivity index (χ2n) is 14.4. The molecule has 2 heteroatoms. The summed E-state index contributed by atoms with van der Waals surface area (Å²) in [5.41, 5.74) is 16.6. The van der Waals surface area contributed by atoms with Crippen LogP contribution in [0.15, 0.2) is 218 Å². The highest BCUT2D eigenvalue weighted by Gasteiger charge is 2.21. The van der Waals surface area contributed by atoms with E-state index in [0.29, 0.717) is 0 Å². The Labute approximate surface area is 325 Å². The van der Waals surface area contributed by atoms with E-state index in [2.05, 4.69) is 228 Å². The third kappa shape index (κ3) is 5.04. The summed E-state index contributed by atoms with van der Waals surface area (Å²) < 4.78 is 4.87. The van der Waals surface area contributed by atoms with E-state index in [1.165, 1.54) is 88.1 Å². The van der Waals surface area contributed by atoms with Gasteiger partial charge in [-0.05, 0) is 75.8 Å². The van der Waals surface area contributed by atoms with Crippen molar-refractivity contribution in [3.63, 3.8) is 0 Å². The van der Waals surface area contributed by atoms with Crippen molar-refractivity contribution in [3.8, 4) is 55.9 Å². The molecule has 262 valence electrons. The lowest BCUT2D eigenvalue weighted by atomic mass is 9.86. The Hall–Kier alpha value is -7.42. The van der Waals surface area contributed by atoms with Gasteiger partial charge in [-0.2, -0.15) is 0 Å². The molecular weight excluding hydrogens is 677 g/mol. The van der Waals surface area contributed by atoms with Crippen LogP contribution in [-0.4, -0.2) is 9.13 Å².